The fourth-order valence-electron chi connectivity index (χ4n) is 2.78. The highest BCUT2D eigenvalue weighted by Gasteiger charge is 2.22. The van der Waals surface area contributed by atoms with Crippen molar-refractivity contribution < 1.29 is 19.1 Å². The van der Waals surface area contributed by atoms with Crippen molar-refractivity contribution in [2.45, 2.75) is 19.8 Å². The predicted molar refractivity (Wildman–Crippen MR) is 86.5 cm³/mol. The van der Waals surface area contributed by atoms with E-state index in [2.05, 4.69) is 0 Å². The van der Waals surface area contributed by atoms with Crippen LogP contribution in [0.4, 0.5) is 0 Å². The Bertz CT molecular complexity index is 749. The van der Waals surface area contributed by atoms with Crippen LogP contribution in [0.5, 0.6) is 11.5 Å². The standard InChI is InChI=1S/C19H18O4/c1-13(20)14-5-2-3-7-18(14)22-11-12-23-19-8-4-6-15-16(19)9-10-17(15)21/h2-8H,9-12H2,1H3. The van der Waals surface area contributed by atoms with E-state index in [0.29, 0.717) is 30.9 Å². The second kappa shape index (κ2) is 6.65. The van der Waals surface area contributed by atoms with Gasteiger partial charge in [-0.1, -0.05) is 24.3 Å². The number of ketones is 2. The van der Waals surface area contributed by atoms with E-state index in [4.69, 9.17) is 9.47 Å². The minimum atomic E-state index is -0.0269. The molecule has 0 aliphatic heterocycles. The van der Waals surface area contributed by atoms with Gasteiger partial charge in [-0.15, -0.1) is 0 Å². The van der Waals surface area contributed by atoms with Gasteiger partial charge in [0.25, 0.3) is 0 Å². The zero-order valence-electron chi connectivity index (χ0n) is 13.0. The van der Waals surface area contributed by atoms with Crippen molar-refractivity contribution in [1.82, 2.24) is 0 Å². The lowest BCUT2D eigenvalue weighted by atomic mass is 10.1. The molecular formula is C19H18O4. The third-order valence-corrected chi connectivity index (χ3v) is 3.90. The first-order chi connectivity index (χ1) is 11.2. The van der Waals surface area contributed by atoms with Gasteiger partial charge in [-0.05, 0) is 31.5 Å². The molecule has 0 amide bonds. The molecule has 0 spiro atoms. The molecule has 1 aliphatic rings. The first kappa shape index (κ1) is 15.3. The van der Waals surface area contributed by atoms with Crippen molar-refractivity contribution >= 4 is 11.6 Å². The van der Waals surface area contributed by atoms with Crippen molar-refractivity contribution in [2.75, 3.05) is 13.2 Å². The maximum atomic E-state index is 11.7. The number of hydrogen-bond acceptors (Lipinski definition) is 4. The molecule has 0 N–H and O–H groups in total. The lowest BCUT2D eigenvalue weighted by Gasteiger charge is -2.12. The van der Waals surface area contributed by atoms with E-state index in [0.717, 1.165) is 23.3 Å². The largest absolute Gasteiger partial charge is 0.490 e. The van der Waals surface area contributed by atoms with E-state index in [9.17, 15) is 9.59 Å². The second-order valence-electron chi connectivity index (χ2n) is 5.45. The van der Waals surface area contributed by atoms with Gasteiger partial charge in [-0.3, -0.25) is 9.59 Å². The summed E-state index contributed by atoms with van der Waals surface area (Å²) in [7, 11) is 0. The number of carbonyl (C=O) groups is 2. The zero-order valence-corrected chi connectivity index (χ0v) is 13.0. The molecule has 0 fully saturated rings. The summed E-state index contributed by atoms with van der Waals surface area (Å²) < 4.78 is 11.4. The van der Waals surface area contributed by atoms with Gasteiger partial charge in [0.15, 0.2) is 11.6 Å². The van der Waals surface area contributed by atoms with Crippen LogP contribution in [0.2, 0.25) is 0 Å². The molecule has 2 aromatic rings. The van der Waals surface area contributed by atoms with Gasteiger partial charge in [-0.2, -0.15) is 0 Å². The number of benzene rings is 2. The summed E-state index contributed by atoms with van der Waals surface area (Å²) in [6.45, 7) is 2.21. The van der Waals surface area contributed by atoms with Gasteiger partial charge in [0, 0.05) is 17.5 Å². The SMILES string of the molecule is CC(=O)c1ccccc1OCCOc1cccc2c1CCC2=O. The van der Waals surface area contributed by atoms with Gasteiger partial charge >= 0.3 is 0 Å². The van der Waals surface area contributed by atoms with Gasteiger partial charge in [-0.25, -0.2) is 0 Å². The van der Waals surface area contributed by atoms with Gasteiger partial charge in [0.2, 0.25) is 0 Å². The molecule has 23 heavy (non-hydrogen) atoms. The average Bonchev–Trinajstić information content (AvgIpc) is 2.94. The molecule has 0 heterocycles. The van der Waals surface area contributed by atoms with Crippen LogP contribution in [0.1, 0.15) is 39.6 Å². The molecule has 118 valence electrons. The number of rotatable bonds is 6. The Morgan fingerprint density at radius 2 is 1.65 bits per heavy atom. The van der Waals surface area contributed by atoms with E-state index >= 15 is 0 Å². The summed E-state index contributed by atoms with van der Waals surface area (Å²) in [6.07, 6.45) is 1.29. The van der Waals surface area contributed by atoms with E-state index in [-0.39, 0.29) is 11.6 Å². The summed E-state index contributed by atoms with van der Waals surface area (Å²) in [5, 5.41) is 0. The minimum absolute atomic E-state index is 0.0269. The Balaban J connectivity index is 1.59. The van der Waals surface area contributed by atoms with Crippen molar-refractivity contribution in [3.63, 3.8) is 0 Å². The Labute approximate surface area is 135 Å². The van der Waals surface area contributed by atoms with Crippen molar-refractivity contribution in [2.24, 2.45) is 0 Å². The highest BCUT2D eigenvalue weighted by atomic mass is 16.5. The molecule has 0 unspecified atom stereocenters. The molecule has 4 heteroatoms. The molecule has 4 nitrogen and oxygen atoms in total. The highest BCUT2D eigenvalue weighted by Crippen LogP contribution is 2.30. The molecule has 0 radical (unpaired) electrons. The monoisotopic (exact) mass is 310 g/mol. The molecule has 2 aromatic carbocycles. The van der Waals surface area contributed by atoms with Crippen LogP contribution in [0.3, 0.4) is 0 Å². The normalized spacial score (nSPS) is 12.8. The van der Waals surface area contributed by atoms with Crippen LogP contribution in [-0.4, -0.2) is 24.8 Å². The minimum Gasteiger partial charge on any atom is -0.490 e. The summed E-state index contributed by atoms with van der Waals surface area (Å²) in [4.78, 5) is 23.3. The zero-order chi connectivity index (χ0) is 16.2. The number of para-hydroxylation sites is 1. The topological polar surface area (TPSA) is 52.6 Å². The smallest absolute Gasteiger partial charge is 0.163 e. The number of hydrogen-bond donors (Lipinski definition) is 0. The Hall–Kier alpha value is -2.62. The molecule has 0 bridgehead atoms. The molecule has 0 saturated heterocycles. The second-order valence-corrected chi connectivity index (χ2v) is 5.45. The molecule has 0 aromatic heterocycles. The van der Waals surface area contributed by atoms with E-state index in [1.165, 1.54) is 6.92 Å². The third-order valence-electron chi connectivity index (χ3n) is 3.90. The molecule has 1 aliphatic carbocycles. The van der Waals surface area contributed by atoms with Crippen LogP contribution >= 0.6 is 0 Å². The first-order valence-electron chi connectivity index (χ1n) is 7.67. The van der Waals surface area contributed by atoms with E-state index in [1.54, 1.807) is 12.1 Å². The average molecular weight is 310 g/mol. The number of Topliss-reactive ketones (excluding diaryl/α,β-unsaturated/α-hetero) is 2. The number of ether oxygens (including phenoxy) is 2. The summed E-state index contributed by atoms with van der Waals surface area (Å²) in [6, 6.07) is 12.7. The van der Waals surface area contributed by atoms with Gasteiger partial charge in [0.1, 0.15) is 24.7 Å². The fraction of sp³-hybridized carbons (Fsp3) is 0.263. The molecule has 0 saturated carbocycles. The third kappa shape index (κ3) is 3.26. The predicted octanol–water partition coefficient (Wildman–Crippen LogP) is 3.48. The summed E-state index contributed by atoms with van der Waals surface area (Å²) in [5.74, 6) is 1.46. The van der Waals surface area contributed by atoms with E-state index in [1.807, 2.05) is 30.3 Å². The lowest BCUT2D eigenvalue weighted by molar-refractivity contribution is 0.0991. The van der Waals surface area contributed by atoms with Crippen molar-refractivity contribution in [3.8, 4) is 11.5 Å². The summed E-state index contributed by atoms with van der Waals surface area (Å²) >= 11 is 0. The quantitative estimate of drug-likeness (QED) is 0.605. The van der Waals surface area contributed by atoms with Crippen LogP contribution in [0.25, 0.3) is 0 Å². The maximum absolute atomic E-state index is 11.7. The van der Waals surface area contributed by atoms with Crippen molar-refractivity contribution in [3.05, 3.63) is 59.2 Å². The van der Waals surface area contributed by atoms with Crippen LogP contribution < -0.4 is 9.47 Å². The molecule has 0 atom stereocenters. The van der Waals surface area contributed by atoms with Crippen LogP contribution in [-0.2, 0) is 6.42 Å². The molecular weight excluding hydrogens is 292 g/mol. The van der Waals surface area contributed by atoms with Crippen LogP contribution in [0, 0.1) is 0 Å². The highest BCUT2D eigenvalue weighted by molar-refractivity contribution is 6.01. The van der Waals surface area contributed by atoms with Crippen molar-refractivity contribution in [1.29, 1.82) is 0 Å². The van der Waals surface area contributed by atoms with Gasteiger partial charge < -0.3 is 9.47 Å². The number of fused-ring (bicyclic) bond motifs is 1. The first-order valence-corrected chi connectivity index (χ1v) is 7.67. The van der Waals surface area contributed by atoms with E-state index < -0.39 is 0 Å². The Kier molecular flexibility index (Phi) is 4.42. The lowest BCUT2D eigenvalue weighted by Crippen LogP contribution is -2.11. The molecule has 3 rings (SSSR count). The number of carbonyl (C=O) groups excluding carboxylic acids is 2. The Morgan fingerprint density at radius 1 is 0.957 bits per heavy atom. The Morgan fingerprint density at radius 3 is 2.43 bits per heavy atom. The van der Waals surface area contributed by atoms with Crippen LogP contribution in [0.15, 0.2) is 42.5 Å². The van der Waals surface area contributed by atoms with Gasteiger partial charge in [0.05, 0.1) is 5.56 Å². The summed E-state index contributed by atoms with van der Waals surface area (Å²) in [5.41, 5.74) is 2.32. The fourth-order valence-corrected chi connectivity index (χ4v) is 2.78. The maximum Gasteiger partial charge on any atom is 0.163 e.